The van der Waals surface area contributed by atoms with Crippen LogP contribution in [0.3, 0.4) is 0 Å². The van der Waals surface area contributed by atoms with E-state index in [0.717, 1.165) is 22.5 Å². The van der Waals surface area contributed by atoms with Gasteiger partial charge >= 0.3 is 5.97 Å². The number of hydrogen-bond donors (Lipinski definition) is 1. The maximum Gasteiger partial charge on any atom is 0.335 e. The second kappa shape index (κ2) is 4.37. The zero-order valence-electron chi connectivity index (χ0n) is 9.77. The molecule has 1 aromatic heterocycles. The van der Waals surface area contributed by atoms with E-state index in [4.69, 9.17) is 5.11 Å². The van der Waals surface area contributed by atoms with Crippen LogP contribution in [-0.2, 0) is 0 Å². The van der Waals surface area contributed by atoms with Gasteiger partial charge in [0.25, 0.3) is 0 Å². The molecular weight excluding hydrogens is 214 g/mol. The van der Waals surface area contributed by atoms with Crippen molar-refractivity contribution in [2.75, 3.05) is 0 Å². The van der Waals surface area contributed by atoms with Crippen molar-refractivity contribution in [2.24, 2.45) is 0 Å². The summed E-state index contributed by atoms with van der Waals surface area (Å²) in [5, 5.41) is 8.90. The molecule has 3 nitrogen and oxygen atoms in total. The molecule has 2 aromatic rings. The molecule has 0 aliphatic carbocycles. The Hall–Kier alpha value is -2.16. The minimum atomic E-state index is -0.906. The Bertz CT molecular complexity index is 576. The zero-order chi connectivity index (χ0) is 12.4. The smallest absolute Gasteiger partial charge is 0.335 e. The van der Waals surface area contributed by atoms with Gasteiger partial charge in [0.05, 0.1) is 11.3 Å². The number of rotatable bonds is 2. The lowest BCUT2D eigenvalue weighted by molar-refractivity contribution is 0.0697. The minimum Gasteiger partial charge on any atom is -0.478 e. The van der Waals surface area contributed by atoms with Crippen molar-refractivity contribution >= 4 is 5.97 Å². The predicted octanol–water partition coefficient (Wildman–Crippen LogP) is 3.06. The van der Waals surface area contributed by atoms with Crippen LogP contribution in [0, 0.1) is 13.8 Å². The van der Waals surface area contributed by atoms with Gasteiger partial charge in [0.2, 0.25) is 0 Å². The number of carboxylic acids is 1. The van der Waals surface area contributed by atoms with Gasteiger partial charge in [0, 0.05) is 11.3 Å². The van der Waals surface area contributed by atoms with Gasteiger partial charge in [-0.1, -0.05) is 12.1 Å². The number of hydrogen-bond acceptors (Lipinski definition) is 2. The molecule has 0 bridgehead atoms. The topological polar surface area (TPSA) is 50.2 Å². The molecule has 1 aromatic carbocycles. The molecule has 3 heteroatoms. The molecular formula is C14H13NO2. The first kappa shape index (κ1) is 11.3. The van der Waals surface area contributed by atoms with Gasteiger partial charge in [0.1, 0.15) is 0 Å². The highest BCUT2D eigenvalue weighted by Gasteiger charge is 2.07. The summed E-state index contributed by atoms with van der Waals surface area (Å²) in [6.45, 7) is 3.83. The first-order valence-corrected chi connectivity index (χ1v) is 5.36. The average Bonchev–Trinajstić information content (AvgIpc) is 2.28. The lowest BCUT2D eigenvalue weighted by Gasteiger charge is -2.07. The molecule has 0 aliphatic heterocycles. The number of nitrogens with zero attached hydrogens (tertiary/aromatic N) is 1. The molecule has 86 valence electrons. The third kappa shape index (κ3) is 2.33. The van der Waals surface area contributed by atoms with E-state index in [9.17, 15) is 4.79 Å². The van der Waals surface area contributed by atoms with Crippen LogP contribution in [0.5, 0.6) is 0 Å². The van der Waals surface area contributed by atoms with Crippen LogP contribution in [0.1, 0.15) is 21.6 Å². The molecule has 1 heterocycles. The normalized spacial score (nSPS) is 10.2. The summed E-state index contributed by atoms with van der Waals surface area (Å²) >= 11 is 0. The Morgan fingerprint density at radius 2 is 1.94 bits per heavy atom. The number of carbonyl (C=O) groups is 1. The summed E-state index contributed by atoms with van der Waals surface area (Å²) < 4.78 is 0. The Labute approximate surface area is 99.8 Å². The molecule has 0 unspecified atom stereocenters. The highest BCUT2D eigenvalue weighted by atomic mass is 16.4. The first-order chi connectivity index (χ1) is 8.08. The standard InChI is InChI=1S/C14H13NO2/c1-9-8-11(14(16)17)6-7-12(9)13-5-3-4-10(2)15-13/h3-8H,1-2H3,(H,16,17). The Kier molecular flexibility index (Phi) is 2.91. The lowest BCUT2D eigenvalue weighted by atomic mass is 10.0. The van der Waals surface area contributed by atoms with E-state index in [-0.39, 0.29) is 0 Å². The van der Waals surface area contributed by atoms with Gasteiger partial charge in [-0.3, -0.25) is 4.98 Å². The van der Waals surface area contributed by atoms with E-state index in [2.05, 4.69) is 4.98 Å². The van der Waals surface area contributed by atoms with Crippen molar-refractivity contribution in [3.8, 4) is 11.3 Å². The van der Waals surface area contributed by atoms with E-state index < -0.39 is 5.97 Å². The maximum atomic E-state index is 10.8. The highest BCUT2D eigenvalue weighted by Crippen LogP contribution is 2.22. The van der Waals surface area contributed by atoms with Crippen molar-refractivity contribution in [3.63, 3.8) is 0 Å². The Morgan fingerprint density at radius 1 is 1.18 bits per heavy atom. The number of aromatic nitrogens is 1. The zero-order valence-corrected chi connectivity index (χ0v) is 9.77. The Morgan fingerprint density at radius 3 is 2.53 bits per heavy atom. The molecule has 0 saturated carbocycles. The van der Waals surface area contributed by atoms with Crippen LogP contribution in [-0.4, -0.2) is 16.1 Å². The molecule has 0 fully saturated rings. The summed E-state index contributed by atoms with van der Waals surface area (Å²) in [5.41, 5.74) is 4.02. The number of aromatic carboxylic acids is 1. The van der Waals surface area contributed by atoms with E-state index in [1.807, 2.05) is 32.0 Å². The van der Waals surface area contributed by atoms with Crippen LogP contribution < -0.4 is 0 Å². The average molecular weight is 227 g/mol. The molecule has 0 saturated heterocycles. The fraction of sp³-hybridized carbons (Fsp3) is 0.143. The second-order valence-corrected chi connectivity index (χ2v) is 4.00. The molecule has 0 amide bonds. The molecule has 17 heavy (non-hydrogen) atoms. The van der Waals surface area contributed by atoms with Gasteiger partial charge in [-0.25, -0.2) is 4.79 Å². The van der Waals surface area contributed by atoms with Crippen molar-refractivity contribution in [3.05, 3.63) is 53.2 Å². The summed E-state index contributed by atoms with van der Waals surface area (Å²) in [7, 11) is 0. The molecule has 0 aliphatic rings. The molecule has 0 radical (unpaired) electrons. The fourth-order valence-corrected chi connectivity index (χ4v) is 1.78. The van der Waals surface area contributed by atoms with E-state index in [1.54, 1.807) is 18.2 Å². The minimum absolute atomic E-state index is 0.305. The van der Waals surface area contributed by atoms with E-state index in [1.165, 1.54) is 0 Å². The summed E-state index contributed by atoms with van der Waals surface area (Å²) in [6, 6.07) is 10.9. The largest absolute Gasteiger partial charge is 0.478 e. The summed E-state index contributed by atoms with van der Waals surface area (Å²) in [4.78, 5) is 15.3. The van der Waals surface area contributed by atoms with Crippen LogP contribution in [0.2, 0.25) is 0 Å². The van der Waals surface area contributed by atoms with Gasteiger partial charge in [0.15, 0.2) is 0 Å². The van der Waals surface area contributed by atoms with E-state index in [0.29, 0.717) is 5.56 Å². The first-order valence-electron chi connectivity index (χ1n) is 5.36. The fourth-order valence-electron chi connectivity index (χ4n) is 1.78. The third-order valence-corrected chi connectivity index (χ3v) is 2.64. The quantitative estimate of drug-likeness (QED) is 0.857. The van der Waals surface area contributed by atoms with Crippen molar-refractivity contribution in [1.82, 2.24) is 4.98 Å². The van der Waals surface area contributed by atoms with Gasteiger partial charge in [-0.15, -0.1) is 0 Å². The van der Waals surface area contributed by atoms with Gasteiger partial charge < -0.3 is 5.11 Å². The third-order valence-electron chi connectivity index (χ3n) is 2.64. The van der Waals surface area contributed by atoms with Gasteiger partial charge in [-0.2, -0.15) is 0 Å². The van der Waals surface area contributed by atoms with Crippen LogP contribution in [0.15, 0.2) is 36.4 Å². The number of benzene rings is 1. The summed E-state index contributed by atoms with van der Waals surface area (Å²) in [5.74, 6) is -0.906. The SMILES string of the molecule is Cc1cccc(-c2ccc(C(=O)O)cc2C)n1. The molecule has 0 spiro atoms. The van der Waals surface area contributed by atoms with Gasteiger partial charge in [-0.05, 0) is 43.7 Å². The monoisotopic (exact) mass is 227 g/mol. The lowest BCUT2D eigenvalue weighted by Crippen LogP contribution is -1.97. The molecule has 2 rings (SSSR count). The Balaban J connectivity index is 2.50. The van der Waals surface area contributed by atoms with Crippen LogP contribution in [0.4, 0.5) is 0 Å². The summed E-state index contributed by atoms with van der Waals surface area (Å²) in [6.07, 6.45) is 0. The van der Waals surface area contributed by atoms with Crippen molar-refractivity contribution in [1.29, 1.82) is 0 Å². The van der Waals surface area contributed by atoms with Crippen LogP contribution in [0.25, 0.3) is 11.3 Å². The number of carboxylic acid groups (broad SMARTS) is 1. The van der Waals surface area contributed by atoms with Crippen LogP contribution >= 0.6 is 0 Å². The number of aryl methyl sites for hydroxylation is 2. The highest BCUT2D eigenvalue weighted by molar-refractivity contribution is 5.88. The second-order valence-electron chi connectivity index (χ2n) is 4.00. The van der Waals surface area contributed by atoms with Crippen molar-refractivity contribution < 1.29 is 9.90 Å². The molecule has 0 atom stereocenters. The van der Waals surface area contributed by atoms with E-state index >= 15 is 0 Å². The number of pyridine rings is 1. The van der Waals surface area contributed by atoms with Crippen molar-refractivity contribution in [2.45, 2.75) is 13.8 Å². The maximum absolute atomic E-state index is 10.8. The predicted molar refractivity (Wildman–Crippen MR) is 66.1 cm³/mol. The molecule has 1 N–H and O–H groups in total.